The highest BCUT2D eigenvalue weighted by Crippen LogP contribution is 2.31. The van der Waals surface area contributed by atoms with Gasteiger partial charge in [0.1, 0.15) is 6.61 Å². The molecule has 4 nitrogen and oxygen atoms in total. The van der Waals surface area contributed by atoms with Gasteiger partial charge in [-0.05, 0) is 61.1 Å². The largest absolute Gasteiger partial charge is 0.387 e. The Morgan fingerprint density at radius 3 is 2.39 bits per heavy atom. The van der Waals surface area contributed by atoms with Crippen molar-refractivity contribution in [3.8, 4) is 16.9 Å². The number of amides is 1. The molecular formula is C23H26N2O2S. The highest BCUT2D eigenvalue weighted by Gasteiger charge is 2.16. The van der Waals surface area contributed by atoms with Crippen molar-refractivity contribution < 1.29 is 9.90 Å². The van der Waals surface area contributed by atoms with Crippen LogP contribution < -0.4 is 0 Å². The molecule has 5 heteroatoms. The summed E-state index contributed by atoms with van der Waals surface area (Å²) in [6.07, 6.45) is 2.82. The van der Waals surface area contributed by atoms with Gasteiger partial charge < -0.3 is 14.6 Å². The van der Waals surface area contributed by atoms with Crippen LogP contribution in [-0.4, -0.2) is 46.9 Å². The smallest absolute Gasteiger partial charge is 0.248 e. The molecule has 0 radical (unpaired) electrons. The summed E-state index contributed by atoms with van der Waals surface area (Å²) in [5.74, 6) is -0.256. The number of aliphatic hydroxyl groups excluding tert-OH is 1. The molecule has 0 aliphatic heterocycles. The highest BCUT2D eigenvalue weighted by atomic mass is 32.2. The van der Waals surface area contributed by atoms with Crippen LogP contribution in [0.15, 0.2) is 65.6 Å². The normalized spacial score (nSPS) is 10.9. The van der Waals surface area contributed by atoms with Crippen LogP contribution in [0.25, 0.3) is 16.9 Å². The number of carbonyl (C=O) groups excluding carboxylic acids is 1. The molecule has 2 aromatic carbocycles. The molecular weight excluding hydrogens is 368 g/mol. The molecule has 1 heterocycles. The third kappa shape index (κ3) is 4.32. The number of hydrogen-bond acceptors (Lipinski definition) is 3. The van der Waals surface area contributed by atoms with Crippen molar-refractivity contribution >= 4 is 17.7 Å². The second-order valence-electron chi connectivity index (χ2n) is 6.76. The molecule has 0 fully saturated rings. The highest BCUT2D eigenvalue weighted by molar-refractivity contribution is 7.98. The zero-order chi connectivity index (χ0) is 20.1. The van der Waals surface area contributed by atoms with Gasteiger partial charge in [0.2, 0.25) is 5.91 Å². The van der Waals surface area contributed by atoms with Crippen molar-refractivity contribution in [3.05, 3.63) is 71.9 Å². The van der Waals surface area contributed by atoms with Gasteiger partial charge >= 0.3 is 0 Å². The number of aliphatic hydroxyl groups is 1. The van der Waals surface area contributed by atoms with E-state index in [0.717, 1.165) is 23.4 Å². The van der Waals surface area contributed by atoms with Gasteiger partial charge in [0.15, 0.2) is 0 Å². The van der Waals surface area contributed by atoms with E-state index < -0.39 is 6.61 Å². The van der Waals surface area contributed by atoms with Crippen molar-refractivity contribution in [1.82, 2.24) is 9.47 Å². The lowest BCUT2D eigenvalue weighted by Gasteiger charge is -2.16. The Bertz CT molecular complexity index is 933. The zero-order valence-electron chi connectivity index (χ0n) is 16.6. The van der Waals surface area contributed by atoms with Crippen molar-refractivity contribution in [2.45, 2.75) is 18.2 Å². The van der Waals surface area contributed by atoms with Crippen LogP contribution in [0.1, 0.15) is 11.3 Å². The molecule has 1 amide bonds. The number of hydrogen-bond donors (Lipinski definition) is 1. The lowest BCUT2D eigenvalue weighted by atomic mass is 10.1. The standard InChI is InChI=1S/C23H26N2O2S/c1-17-19(13-14-24(2)23(27)16-26)15-22(18-9-11-21(28-3)12-10-18)25(17)20-7-5-4-6-8-20/h4-12,15,26H,13-14,16H2,1-3H3. The summed E-state index contributed by atoms with van der Waals surface area (Å²) >= 11 is 1.73. The molecule has 1 aromatic heterocycles. The molecule has 3 rings (SSSR count). The first-order chi connectivity index (χ1) is 13.5. The summed E-state index contributed by atoms with van der Waals surface area (Å²) in [6, 6.07) is 21.1. The Hall–Kier alpha value is -2.50. The van der Waals surface area contributed by atoms with E-state index >= 15 is 0 Å². The zero-order valence-corrected chi connectivity index (χ0v) is 17.4. The fourth-order valence-corrected chi connectivity index (χ4v) is 3.74. The maximum atomic E-state index is 11.7. The number of aromatic nitrogens is 1. The quantitative estimate of drug-likeness (QED) is 0.612. The first-order valence-corrected chi connectivity index (χ1v) is 10.5. The molecule has 0 aliphatic rings. The molecule has 0 bridgehead atoms. The van der Waals surface area contributed by atoms with Crippen LogP contribution in [0.5, 0.6) is 0 Å². The molecule has 0 saturated carbocycles. The average Bonchev–Trinajstić information content (AvgIpc) is 3.08. The number of nitrogens with zero attached hydrogens (tertiary/aromatic N) is 2. The van der Waals surface area contributed by atoms with Crippen LogP contribution in [0, 0.1) is 6.92 Å². The molecule has 146 valence electrons. The van der Waals surface area contributed by atoms with Gasteiger partial charge in [0, 0.05) is 29.9 Å². The lowest BCUT2D eigenvalue weighted by Crippen LogP contribution is -2.31. The van der Waals surface area contributed by atoms with E-state index in [-0.39, 0.29) is 5.91 Å². The van der Waals surface area contributed by atoms with E-state index in [2.05, 4.69) is 60.2 Å². The Morgan fingerprint density at radius 2 is 1.79 bits per heavy atom. The van der Waals surface area contributed by atoms with Crippen molar-refractivity contribution in [1.29, 1.82) is 0 Å². The van der Waals surface area contributed by atoms with Gasteiger partial charge in [-0.3, -0.25) is 4.79 Å². The summed E-state index contributed by atoms with van der Waals surface area (Å²) < 4.78 is 2.28. The lowest BCUT2D eigenvalue weighted by molar-refractivity contribution is -0.132. The second kappa shape index (κ2) is 9.13. The molecule has 3 aromatic rings. The third-order valence-corrected chi connectivity index (χ3v) is 5.77. The molecule has 0 unspecified atom stereocenters. The Balaban J connectivity index is 2.00. The average molecular weight is 395 g/mol. The fourth-order valence-electron chi connectivity index (χ4n) is 3.33. The van der Waals surface area contributed by atoms with Crippen molar-refractivity contribution in [2.24, 2.45) is 0 Å². The fraction of sp³-hybridized carbons (Fsp3) is 0.261. The minimum Gasteiger partial charge on any atom is -0.387 e. The van der Waals surface area contributed by atoms with Gasteiger partial charge in [0.05, 0.1) is 5.69 Å². The van der Waals surface area contributed by atoms with Crippen molar-refractivity contribution in [2.75, 3.05) is 26.5 Å². The van der Waals surface area contributed by atoms with Crippen LogP contribution in [0.2, 0.25) is 0 Å². The SMILES string of the molecule is CSc1ccc(-c2cc(CCN(C)C(=O)CO)c(C)n2-c2ccccc2)cc1. The maximum Gasteiger partial charge on any atom is 0.248 e. The predicted octanol–water partition coefficient (Wildman–Crippen LogP) is 4.17. The first-order valence-electron chi connectivity index (χ1n) is 9.31. The van der Waals surface area contributed by atoms with E-state index in [1.807, 2.05) is 18.2 Å². The number of carbonyl (C=O) groups is 1. The summed E-state index contributed by atoms with van der Waals surface area (Å²) in [5.41, 5.74) is 5.79. The Morgan fingerprint density at radius 1 is 1.11 bits per heavy atom. The predicted molar refractivity (Wildman–Crippen MR) is 116 cm³/mol. The molecule has 1 N–H and O–H groups in total. The summed E-state index contributed by atoms with van der Waals surface area (Å²) in [5, 5.41) is 9.05. The molecule has 28 heavy (non-hydrogen) atoms. The summed E-state index contributed by atoms with van der Waals surface area (Å²) in [4.78, 5) is 14.5. The first kappa shape index (κ1) is 20.2. The van der Waals surface area contributed by atoms with E-state index in [9.17, 15) is 4.79 Å². The van der Waals surface area contributed by atoms with Gasteiger partial charge in [-0.1, -0.05) is 30.3 Å². The number of thioether (sulfide) groups is 1. The van der Waals surface area contributed by atoms with Crippen LogP contribution in [0.3, 0.4) is 0 Å². The minimum absolute atomic E-state index is 0.256. The van der Waals surface area contributed by atoms with E-state index in [1.165, 1.54) is 16.2 Å². The van der Waals surface area contributed by atoms with Crippen LogP contribution in [-0.2, 0) is 11.2 Å². The Labute approximate surface area is 170 Å². The molecule has 0 saturated heterocycles. The topological polar surface area (TPSA) is 45.5 Å². The van der Waals surface area contributed by atoms with E-state index in [0.29, 0.717) is 6.54 Å². The summed E-state index contributed by atoms with van der Waals surface area (Å²) in [6.45, 7) is 2.24. The second-order valence-corrected chi connectivity index (χ2v) is 7.64. The number of benzene rings is 2. The van der Waals surface area contributed by atoms with Crippen LogP contribution >= 0.6 is 11.8 Å². The van der Waals surface area contributed by atoms with Gasteiger partial charge in [-0.2, -0.15) is 0 Å². The van der Waals surface area contributed by atoms with Gasteiger partial charge in [-0.15, -0.1) is 11.8 Å². The molecule has 0 aliphatic carbocycles. The van der Waals surface area contributed by atoms with E-state index in [4.69, 9.17) is 5.11 Å². The Kier molecular flexibility index (Phi) is 6.60. The van der Waals surface area contributed by atoms with Crippen LogP contribution in [0.4, 0.5) is 0 Å². The monoisotopic (exact) mass is 394 g/mol. The minimum atomic E-state index is -0.451. The van der Waals surface area contributed by atoms with E-state index in [1.54, 1.807) is 23.7 Å². The summed E-state index contributed by atoms with van der Waals surface area (Å²) in [7, 11) is 1.73. The third-order valence-electron chi connectivity index (χ3n) is 5.03. The number of likely N-dealkylation sites (N-methyl/N-ethyl adjacent to an activating group) is 1. The maximum absolute atomic E-state index is 11.7. The number of para-hydroxylation sites is 1. The van der Waals surface area contributed by atoms with Gasteiger partial charge in [-0.25, -0.2) is 0 Å². The van der Waals surface area contributed by atoms with Gasteiger partial charge in [0.25, 0.3) is 0 Å². The molecule has 0 spiro atoms. The number of rotatable bonds is 7. The molecule has 0 atom stereocenters. The van der Waals surface area contributed by atoms with Crippen molar-refractivity contribution in [3.63, 3.8) is 0 Å².